The number of allylic oxidation sites excluding steroid dienone is 1. The molecule has 0 amide bonds. The lowest BCUT2D eigenvalue weighted by Crippen LogP contribution is -1.95. The molecule has 2 nitrogen and oxygen atoms in total. The molecule has 0 bridgehead atoms. The molecule has 136 valence electrons. The molecule has 4 aromatic rings. The summed E-state index contributed by atoms with van der Waals surface area (Å²) in [7, 11) is 0. The number of hydrogen-bond donors (Lipinski definition) is 1. The van der Waals surface area contributed by atoms with Gasteiger partial charge >= 0.3 is 0 Å². The van der Waals surface area contributed by atoms with Gasteiger partial charge in [0.05, 0.1) is 0 Å². The van der Waals surface area contributed by atoms with Crippen LogP contribution in [0.5, 0.6) is 0 Å². The average molecular weight is 363 g/mol. The molecule has 0 aliphatic heterocycles. The Labute approximate surface area is 164 Å². The van der Waals surface area contributed by atoms with Crippen molar-refractivity contribution >= 4 is 28.3 Å². The predicted octanol–water partition coefficient (Wildman–Crippen LogP) is 6.29. The summed E-state index contributed by atoms with van der Waals surface area (Å²) in [4.78, 5) is 12.5. The largest absolute Gasteiger partial charge is 0.399 e. The minimum Gasteiger partial charge on any atom is -0.399 e. The van der Waals surface area contributed by atoms with E-state index in [1.807, 2.05) is 24.3 Å². The normalized spacial score (nSPS) is 11.2. The van der Waals surface area contributed by atoms with Crippen molar-refractivity contribution in [1.29, 1.82) is 0 Å². The Morgan fingerprint density at radius 3 is 2.21 bits per heavy atom. The van der Waals surface area contributed by atoms with Gasteiger partial charge in [0.15, 0.2) is 5.78 Å². The molecule has 28 heavy (non-hydrogen) atoms. The number of fused-ring (bicyclic) bond motifs is 1. The maximum atomic E-state index is 12.5. The van der Waals surface area contributed by atoms with Crippen LogP contribution in [0.4, 0.5) is 5.69 Å². The highest BCUT2D eigenvalue weighted by Gasteiger charge is 2.09. The summed E-state index contributed by atoms with van der Waals surface area (Å²) in [5, 5.41) is 2.46. The number of aryl methyl sites for hydroxylation is 1. The number of anilines is 1. The molecule has 0 atom stereocenters. The van der Waals surface area contributed by atoms with Crippen LogP contribution >= 0.6 is 0 Å². The van der Waals surface area contributed by atoms with Gasteiger partial charge in [-0.2, -0.15) is 0 Å². The summed E-state index contributed by atoms with van der Waals surface area (Å²) < 4.78 is 0. The van der Waals surface area contributed by atoms with Crippen LogP contribution < -0.4 is 5.73 Å². The second-order valence-corrected chi connectivity index (χ2v) is 6.88. The lowest BCUT2D eigenvalue weighted by atomic mass is 9.92. The van der Waals surface area contributed by atoms with Gasteiger partial charge in [0.25, 0.3) is 0 Å². The minimum absolute atomic E-state index is 0.0384. The van der Waals surface area contributed by atoms with E-state index in [2.05, 4.69) is 49.4 Å². The molecule has 0 saturated carbocycles. The summed E-state index contributed by atoms with van der Waals surface area (Å²) in [5.74, 6) is -0.0384. The van der Waals surface area contributed by atoms with E-state index in [0.29, 0.717) is 11.3 Å². The van der Waals surface area contributed by atoms with Crippen molar-refractivity contribution < 1.29 is 4.79 Å². The first-order chi connectivity index (χ1) is 13.6. The molecule has 0 unspecified atom stereocenters. The highest BCUT2D eigenvalue weighted by Crippen LogP contribution is 2.33. The standard InChI is InChI=1S/C26H21NO/c1-18-10-16-25(24-9-5-4-7-22(18)24)23-8-3-2-6-19(23)13-17-26(28)20-11-14-21(27)15-12-20/h2-17H,27H2,1H3. The van der Waals surface area contributed by atoms with Gasteiger partial charge in [0.1, 0.15) is 0 Å². The molecule has 0 heterocycles. The third kappa shape index (κ3) is 3.45. The van der Waals surface area contributed by atoms with Crippen molar-refractivity contribution in [3.8, 4) is 11.1 Å². The van der Waals surface area contributed by atoms with E-state index in [4.69, 9.17) is 5.73 Å². The van der Waals surface area contributed by atoms with Crippen molar-refractivity contribution in [2.45, 2.75) is 6.92 Å². The number of nitrogens with two attached hydrogens (primary N) is 1. The van der Waals surface area contributed by atoms with Gasteiger partial charge in [-0.25, -0.2) is 0 Å². The first kappa shape index (κ1) is 17.7. The van der Waals surface area contributed by atoms with Crippen molar-refractivity contribution in [3.05, 3.63) is 108 Å². The van der Waals surface area contributed by atoms with Gasteiger partial charge in [-0.1, -0.05) is 66.7 Å². The molecule has 0 aromatic heterocycles. The van der Waals surface area contributed by atoms with Crippen LogP contribution in [0.1, 0.15) is 21.5 Å². The third-order valence-corrected chi connectivity index (χ3v) is 5.00. The van der Waals surface area contributed by atoms with Gasteiger partial charge in [0, 0.05) is 11.3 Å². The lowest BCUT2D eigenvalue weighted by Gasteiger charge is -2.12. The molecule has 0 aliphatic carbocycles. The maximum Gasteiger partial charge on any atom is 0.185 e. The molecular formula is C26H21NO. The molecule has 0 spiro atoms. The van der Waals surface area contributed by atoms with Crippen LogP contribution in [-0.4, -0.2) is 5.78 Å². The smallest absolute Gasteiger partial charge is 0.185 e. The van der Waals surface area contributed by atoms with Gasteiger partial charge < -0.3 is 5.73 Å². The van der Waals surface area contributed by atoms with Crippen LogP contribution in [0.15, 0.2) is 91.0 Å². The number of carbonyl (C=O) groups excluding carboxylic acids is 1. The van der Waals surface area contributed by atoms with E-state index < -0.39 is 0 Å². The fourth-order valence-corrected chi connectivity index (χ4v) is 3.48. The number of rotatable bonds is 4. The average Bonchev–Trinajstić information content (AvgIpc) is 2.73. The Morgan fingerprint density at radius 1 is 0.750 bits per heavy atom. The first-order valence-electron chi connectivity index (χ1n) is 9.29. The maximum absolute atomic E-state index is 12.5. The number of benzene rings is 4. The molecule has 4 rings (SSSR count). The van der Waals surface area contributed by atoms with E-state index in [9.17, 15) is 4.79 Å². The zero-order valence-corrected chi connectivity index (χ0v) is 15.7. The SMILES string of the molecule is Cc1ccc(-c2ccccc2C=CC(=O)c2ccc(N)cc2)c2ccccc12. The summed E-state index contributed by atoms with van der Waals surface area (Å²) >= 11 is 0. The van der Waals surface area contributed by atoms with Gasteiger partial charge in [-0.05, 0) is 70.3 Å². The van der Waals surface area contributed by atoms with Crippen LogP contribution in [0.3, 0.4) is 0 Å². The van der Waals surface area contributed by atoms with E-state index >= 15 is 0 Å². The van der Waals surface area contributed by atoms with E-state index in [0.717, 1.165) is 11.1 Å². The molecule has 2 heteroatoms. The highest BCUT2D eigenvalue weighted by molar-refractivity contribution is 6.08. The highest BCUT2D eigenvalue weighted by atomic mass is 16.1. The zero-order chi connectivity index (χ0) is 19.5. The molecule has 0 saturated heterocycles. The van der Waals surface area contributed by atoms with Crippen LogP contribution in [-0.2, 0) is 0 Å². The van der Waals surface area contributed by atoms with E-state index in [-0.39, 0.29) is 5.78 Å². The minimum atomic E-state index is -0.0384. The van der Waals surface area contributed by atoms with Crippen molar-refractivity contribution in [1.82, 2.24) is 0 Å². The monoisotopic (exact) mass is 363 g/mol. The number of hydrogen-bond acceptors (Lipinski definition) is 2. The molecule has 2 N–H and O–H groups in total. The van der Waals surface area contributed by atoms with Crippen molar-refractivity contribution in [3.63, 3.8) is 0 Å². The predicted molar refractivity (Wildman–Crippen MR) is 118 cm³/mol. The van der Waals surface area contributed by atoms with Crippen LogP contribution in [0.2, 0.25) is 0 Å². The van der Waals surface area contributed by atoms with Crippen molar-refractivity contribution in [2.24, 2.45) is 0 Å². The molecule has 0 aliphatic rings. The van der Waals surface area contributed by atoms with Gasteiger partial charge in [-0.3, -0.25) is 4.79 Å². The fourth-order valence-electron chi connectivity index (χ4n) is 3.48. The summed E-state index contributed by atoms with van der Waals surface area (Å²) in [6, 6.07) is 27.9. The Hall–Kier alpha value is -3.65. The molecule has 4 aromatic carbocycles. The Balaban J connectivity index is 1.75. The summed E-state index contributed by atoms with van der Waals surface area (Å²) in [6.07, 6.45) is 3.52. The molecule has 0 fully saturated rings. The lowest BCUT2D eigenvalue weighted by molar-refractivity contribution is 0.104. The van der Waals surface area contributed by atoms with Crippen molar-refractivity contribution in [2.75, 3.05) is 5.73 Å². The molecule has 0 radical (unpaired) electrons. The number of carbonyl (C=O) groups is 1. The topological polar surface area (TPSA) is 43.1 Å². The second kappa shape index (κ2) is 7.53. The quantitative estimate of drug-likeness (QED) is 0.263. The van der Waals surface area contributed by atoms with Crippen LogP contribution in [0.25, 0.3) is 28.0 Å². The van der Waals surface area contributed by atoms with Gasteiger partial charge in [-0.15, -0.1) is 0 Å². The fraction of sp³-hybridized carbons (Fsp3) is 0.0385. The Kier molecular flexibility index (Phi) is 4.77. The Bertz CT molecular complexity index is 1190. The zero-order valence-electron chi connectivity index (χ0n) is 15.7. The number of nitrogen functional groups attached to an aromatic ring is 1. The second-order valence-electron chi connectivity index (χ2n) is 6.88. The van der Waals surface area contributed by atoms with E-state index in [1.54, 1.807) is 30.3 Å². The Morgan fingerprint density at radius 2 is 1.43 bits per heavy atom. The first-order valence-corrected chi connectivity index (χ1v) is 9.29. The van der Waals surface area contributed by atoms with Gasteiger partial charge in [0.2, 0.25) is 0 Å². The summed E-state index contributed by atoms with van der Waals surface area (Å²) in [5.41, 5.74) is 11.5. The van der Waals surface area contributed by atoms with Crippen LogP contribution in [0, 0.1) is 6.92 Å². The third-order valence-electron chi connectivity index (χ3n) is 5.00. The summed E-state index contributed by atoms with van der Waals surface area (Å²) in [6.45, 7) is 2.13. The number of ketones is 1. The van der Waals surface area contributed by atoms with E-state index in [1.165, 1.54) is 21.9 Å². The molecular weight excluding hydrogens is 342 g/mol.